The third kappa shape index (κ3) is 2.47. The molecule has 0 radical (unpaired) electrons. The number of aromatic nitrogens is 1. The van der Waals surface area contributed by atoms with Crippen LogP contribution in [0.15, 0.2) is 6.07 Å². The number of amides is 1. The molecular formula is C7H7Cl2N3O. The Morgan fingerprint density at radius 2 is 2.23 bits per heavy atom. The molecular weight excluding hydrogens is 213 g/mol. The minimum absolute atomic E-state index is 0.0799. The number of nitrogens with one attached hydrogen (secondary N) is 1. The largest absolute Gasteiger partial charge is 0.395 e. The summed E-state index contributed by atoms with van der Waals surface area (Å²) in [6.07, 6.45) is 0. The predicted octanol–water partition coefficient (Wildman–Crippen LogP) is 1.93. The van der Waals surface area contributed by atoms with Crippen molar-refractivity contribution >= 4 is 40.5 Å². The lowest BCUT2D eigenvalue weighted by Gasteiger charge is -2.06. The summed E-state index contributed by atoms with van der Waals surface area (Å²) >= 11 is 11.2. The molecule has 0 aliphatic heterocycles. The van der Waals surface area contributed by atoms with E-state index in [9.17, 15) is 4.79 Å². The second-order valence-corrected chi connectivity index (χ2v) is 3.12. The topological polar surface area (TPSA) is 68.0 Å². The Labute approximate surface area is 85.0 Å². The van der Waals surface area contributed by atoms with Crippen LogP contribution >= 0.6 is 23.2 Å². The first kappa shape index (κ1) is 10.1. The van der Waals surface area contributed by atoms with E-state index in [2.05, 4.69) is 10.3 Å². The van der Waals surface area contributed by atoms with Crippen LogP contribution in [0.2, 0.25) is 10.3 Å². The second kappa shape index (κ2) is 3.81. The van der Waals surface area contributed by atoms with Gasteiger partial charge in [-0.05, 0) is 0 Å². The molecule has 0 saturated carbocycles. The van der Waals surface area contributed by atoms with Gasteiger partial charge in [0.05, 0.1) is 11.4 Å². The summed E-state index contributed by atoms with van der Waals surface area (Å²) in [6.45, 7) is 1.36. The van der Waals surface area contributed by atoms with Gasteiger partial charge in [0.15, 0.2) is 5.15 Å². The highest BCUT2D eigenvalue weighted by atomic mass is 35.5. The van der Waals surface area contributed by atoms with E-state index in [1.165, 1.54) is 13.0 Å². The van der Waals surface area contributed by atoms with Gasteiger partial charge in [-0.2, -0.15) is 0 Å². The van der Waals surface area contributed by atoms with Gasteiger partial charge in [0.25, 0.3) is 0 Å². The van der Waals surface area contributed by atoms with Crippen LogP contribution in [0.3, 0.4) is 0 Å². The van der Waals surface area contributed by atoms with Crippen LogP contribution in [-0.4, -0.2) is 10.9 Å². The van der Waals surface area contributed by atoms with Gasteiger partial charge in [-0.25, -0.2) is 4.98 Å². The third-order valence-electron chi connectivity index (χ3n) is 1.29. The summed E-state index contributed by atoms with van der Waals surface area (Å²) in [4.78, 5) is 14.4. The van der Waals surface area contributed by atoms with Gasteiger partial charge < -0.3 is 11.1 Å². The van der Waals surface area contributed by atoms with Crippen LogP contribution in [0.1, 0.15) is 6.92 Å². The lowest BCUT2D eigenvalue weighted by Crippen LogP contribution is -2.08. The molecule has 0 saturated heterocycles. The van der Waals surface area contributed by atoms with Crippen LogP contribution in [0.5, 0.6) is 0 Å². The maximum atomic E-state index is 10.7. The Bertz CT molecular complexity index is 354. The Kier molecular flexibility index (Phi) is 2.95. The van der Waals surface area contributed by atoms with Crippen molar-refractivity contribution in [3.8, 4) is 0 Å². The first-order valence-corrected chi connectivity index (χ1v) is 4.15. The molecule has 4 nitrogen and oxygen atoms in total. The monoisotopic (exact) mass is 219 g/mol. The van der Waals surface area contributed by atoms with Crippen molar-refractivity contribution in [2.24, 2.45) is 0 Å². The molecule has 0 unspecified atom stereocenters. The molecule has 0 bridgehead atoms. The molecule has 1 heterocycles. The lowest BCUT2D eigenvalue weighted by molar-refractivity contribution is -0.114. The summed E-state index contributed by atoms with van der Waals surface area (Å²) in [5.41, 5.74) is 6.11. The number of nitrogens with zero attached hydrogens (tertiary/aromatic N) is 1. The lowest BCUT2D eigenvalue weighted by atomic mass is 10.3. The van der Waals surface area contributed by atoms with Crippen LogP contribution in [0.25, 0.3) is 0 Å². The van der Waals surface area contributed by atoms with Crippen LogP contribution in [0.4, 0.5) is 11.4 Å². The number of rotatable bonds is 1. The fourth-order valence-corrected chi connectivity index (χ4v) is 1.22. The number of pyridine rings is 1. The number of hydrogen-bond acceptors (Lipinski definition) is 3. The number of hydrogen-bond donors (Lipinski definition) is 2. The van der Waals surface area contributed by atoms with E-state index in [0.29, 0.717) is 5.69 Å². The maximum Gasteiger partial charge on any atom is 0.221 e. The maximum absolute atomic E-state index is 10.7. The Morgan fingerprint density at radius 1 is 1.62 bits per heavy atom. The van der Waals surface area contributed by atoms with E-state index >= 15 is 0 Å². The molecule has 13 heavy (non-hydrogen) atoms. The smallest absolute Gasteiger partial charge is 0.221 e. The highest BCUT2D eigenvalue weighted by Gasteiger charge is 2.07. The van der Waals surface area contributed by atoms with E-state index < -0.39 is 0 Å². The molecule has 0 aliphatic carbocycles. The predicted molar refractivity (Wildman–Crippen MR) is 53.0 cm³/mol. The van der Waals surface area contributed by atoms with Crippen LogP contribution in [0, 0.1) is 0 Å². The zero-order valence-corrected chi connectivity index (χ0v) is 8.28. The highest BCUT2D eigenvalue weighted by molar-refractivity contribution is 6.35. The van der Waals surface area contributed by atoms with Gasteiger partial charge in [-0.15, -0.1) is 0 Å². The SMILES string of the molecule is CC(=O)Nc1cc(Cl)nc(Cl)c1N. The van der Waals surface area contributed by atoms with Gasteiger partial charge in [-0.1, -0.05) is 23.2 Å². The molecule has 0 aromatic carbocycles. The first-order chi connectivity index (χ1) is 6.00. The summed E-state index contributed by atoms with van der Waals surface area (Å²) in [5.74, 6) is -0.245. The van der Waals surface area contributed by atoms with Crippen molar-refractivity contribution < 1.29 is 4.79 Å². The zero-order valence-electron chi connectivity index (χ0n) is 6.77. The van der Waals surface area contributed by atoms with Crippen LogP contribution < -0.4 is 11.1 Å². The molecule has 1 aromatic rings. The highest BCUT2D eigenvalue weighted by Crippen LogP contribution is 2.28. The van der Waals surface area contributed by atoms with E-state index in [-0.39, 0.29) is 21.9 Å². The number of carbonyl (C=O) groups excluding carboxylic acids is 1. The Balaban J connectivity index is 3.12. The van der Waals surface area contributed by atoms with E-state index in [4.69, 9.17) is 28.9 Å². The fourth-order valence-electron chi connectivity index (χ4n) is 0.787. The van der Waals surface area contributed by atoms with E-state index in [0.717, 1.165) is 0 Å². The summed E-state index contributed by atoms with van der Waals surface area (Å²) < 4.78 is 0. The van der Waals surface area contributed by atoms with Crippen molar-refractivity contribution in [2.75, 3.05) is 11.1 Å². The molecule has 70 valence electrons. The molecule has 0 spiro atoms. The molecule has 1 rings (SSSR count). The molecule has 1 aromatic heterocycles. The Morgan fingerprint density at radius 3 is 2.77 bits per heavy atom. The second-order valence-electron chi connectivity index (χ2n) is 2.38. The average molecular weight is 220 g/mol. The number of halogens is 2. The van der Waals surface area contributed by atoms with Crippen molar-refractivity contribution in [1.82, 2.24) is 4.98 Å². The van der Waals surface area contributed by atoms with Crippen molar-refractivity contribution in [3.63, 3.8) is 0 Å². The molecule has 0 atom stereocenters. The minimum Gasteiger partial charge on any atom is -0.395 e. The fraction of sp³-hybridized carbons (Fsp3) is 0.143. The molecule has 1 amide bonds. The van der Waals surface area contributed by atoms with Crippen molar-refractivity contribution in [3.05, 3.63) is 16.4 Å². The van der Waals surface area contributed by atoms with Crippen LogP contribution in [-0.2, 0) is 4.79 Å². The minimum atomic E-state index is -0.245. The Hall–Kier alpha value is -1.00. The first-order valence-electron chi connectivity index (χ1n) is 3.40. The quantitative estimate of drug-likeness (QED) is 0.710. The number of carbonyl (C=O) groups is 1. The van der Waals surface area contributed by atoms with Gasteiger partial charge in [0, 0.05) is 13.0 Å². The van der Waals surface area contributed by atoms with Crippen molar-refractivity contribution in [1.29, 1.82) is 0 Å². The normalized spacial score (nSPS) is 9.77. The molecule has 0 fully saturated rings. The summed E-state index contributed by atoms with van der Waals surface area (Å²) in [6, 6.07) is 1.43. The third-order valence-corrected chi connectivity index (χ3v) is 1.77. The van der Waals surface area contributed by atoms with Crippen molar-refractivity contribution in [2.45, 2.75) is 6.92 Å². The van der Waals surface area contributed by atoms with Gasteiger partial charge in [0.2, 0.25) is 5.91 Å². The van der Waals surface area contributed by atoms with E-state index in [1.54, 1.807) is 0 Å². The molecule has 0 aliphatic rings. The molecule has 3 N–H and O–H groups in total. The standard InChI is InChI=1S/C7H7Cl2N3O/c1-3(13)11-4-2-5(8)12-7(9)6(4)10/h2H,10H2,1H3,(H,11,12,13). The summed E-state index contributed by atoms with van der Waals surface area (Å²) in [7, 11) is 0. The average Bonchev–Trinajstić information content (AvgIpc) is 1.98. The van der Waals surface area contributed by atoms with E-state index in [1.807, 2.05) is 0 Å². The number of anilines is 2. The molecule has 6 heteroatoms. The summed E-state index contributed by atoms with van der Waals surface area (Å²) in [5, 5.41) is 2.75. The van der Waals surface area contributed by atoms with Gasteiger partial charge in [0.1, 0.15) is 5.15 Å². The number of nitrogen functional groups attached to an aromatic ring is 1. The van der Waals surface area contributed by atoms with Gasteiger partial charge >= 0.3 is 0 Å². The van der Waals surface area contributed by atoms with Gasteiger partial charge in [-0.3, -0.25) is 4.79 Å². The zero-order chi connectivity index (χ0) is 10.0. The number of nitrogens with two attached hydrogens (primary N) is 1.